The highest BCUT2D eigenvalue weighted by molar-refractivity contribution is 7.90. The van der Waals surface area contributed by atoms with Crippen LogP contribution in [0.15, 0.2) is 12.5 Å². The summed E-state index contributed by atoms with van der Waals surface area (Å²) in [5.74, 6) is 1.27. The van der Waals surface area contributed by atoms with Crippen molar-refractivity contribution in [3.63, 3.8) is 0 Å². The Hall–Kier alpha value is -2.23. The Morgan fingerprint density at radius 2 is 1.95 bits per heavy atom. The molecule has 1 spiro atoms. The predicted molar refractivity (Wildman–Crippen MR) is 152 cm³/mol. The van der Waals surface area contributed by atoms with Crippen LogP contribution < -0.4 is 0 Å². The van der Waals surface area contributed by atoms with Crippen molar-refractivity contribution in [1.82, 2.24) is 24.5 Å². The summed E-state index contributed by atoms with van der Waals surface area (Å²) in [4.78, 5) is 13.5. The third-order valence-electron chi connectivity index (χ3n) is 8.96. The number of aromatic amines is 1. The molecule has 0 amide bonds. The van der Waals surface area contributed by atoms with Gasteiger partial charge in [0.2, 0.25) is 0 Å². The van der Waals surface area contributed by atoms with Gasteiger partial charge >= 0.3 is 0 Å². The van der Waals surface area contributed by atoms with Crippen molar-refractivity contribution in [3.05, 3.63) is 39.7 Å². The van der Waals surface area contributed by atoms with Gasteiger partial charge in [-0.25, -0.2) is 17.9 Å². The number of rotatable bonds is 6. The molecule has 1 aliphatic heterocycles. The number of hydrogen-bond acceptors (Lipinski definition) is 6. The first kappa shape index (κ1) is 25.1. The maximum Gasteiger partial charge on any atom is 0.158 e. The molecule has 2 fully saturated rings. The largest absolute Gasteiger partial charge is 0.346 e. The van der Waals surface area contributed by atoms with E-state index < -0.39 is 9.84 Å². The lowest BCUT2D eigenvalue weighted by Crippen LogP contribution is -2.39. The first-order valence-electron chi connectivity index (χ1n) is 13.3. The van der Waals surface area contributed by atoms with E-state index in [2.05, 4.69) is 60.8 Å². The summed E-state index contributed by atoms with van der Waals surface area (Å²) in [5.41, 5.74) is 8.96. The van der Waals surface area contributed by atoms with Gasteiger partial charge in [0, 0.05) is 41.4 Å². The minimum Gasteiger partial charge on any atom is -0.346 e. The standard InChI is InChI=1S/C28H37N5O2S2/c1-16(2)22-23-19(5)25(20-11-28(12-20)7-8-32(14-28)9-10-37(6,34)35)36-27(23)31-24(22)21-13-33-26(29-15-30-33)18(4)17(21)3/h13,15-16,20,31H,7-12,14H2,1-6H3/t20-,28-. The molecule has 7 nitrogen and oxygen atoms in total. The van der Waals surface area contributed by atoms with Crippen LogP contribution in [0, 0.1) is 26.2 Å². The van der Waals surface area contributed by atoms with E-state index in [9.17, 15) is 8.42 Å². The number of likely N-dealkylation sites (tertiary alicyclic amines) is 1. The van der Waals surface area contributed by atoms with Crippen LogP contribution in [0.4, 0.5) is 0 Å². The Morgan fingerprint density at radius 1 is 1.19 bits per heavy atom. The Kier molecular flexibility index (Phi) is 5.86. The summed E-state index contributed by atoms with van der Waals surface area (Å²) in [6, 6.07) is 0. The number of nitrogens with zero attached hydrogens (tertiary/aromatic N) is 4. The van der Waals surface area contributed by atoms with Crippen LogP contribution in [0.1, 0.15) is 72.1 Å². The summed E-state index contributed by atoms with van der Waals surface area (Å²) in [7, 11) is -2.90. The monoisotopic (exact) mass is 539 g/mol. The van der Waals surface area contributed by atoms with Gasteiger partial charge in [-0.3, -0.25) is 0 Å². The number of H-pyrrole nitrogens is 1. The normalized spacial score (nSPS) is 22.7. The average molecular weight is 540 g/mol. The molecule has 198 valence electrons. The predicted octanol–water partition coefficient (Wildman–Crippen LogP) is 5.60. The summed E-state index contributed by atoms with van der Waals surface area (Å²) < 4.78 is 25.1. The van der Waals surface area contributed by atoms with Gasteiger partial charge in [-0.05, 0) is 86.1 Å². The molecule has 6 rings (SSSR count). The summed E-state index contributed by atoms with van der Waals surface area (Å²) in [6.45, 7) is 14.0. The van der Waals surface area contributed by atoms with Crippen LogP contribution >= 0.6 is 11.3 Å². The second-order valence-electron chi connectivity index (χ2n) is 11.9. The van der Waals surface area contributed by atoms with Gasteiger partial charge in [-0.1, -0.05) is 13.8 Å². The molecule has 0 aromatic carbocycles. The van der Waals surface area contributed by atoms with Gasteiger partial charge in [-0.15, -0.1) is 11.3 Å². The minimum absolute atomic E-state index is 0.268. The molecule has 0 unspecified atom stereocenters. The van der Waals surface area contributed by atoms with Gasteiger partial charge in [0.05, 0.1) is 11.4 Å². The summed E-state index contributed by atoms with van der Waals surface area (Å²) in [5, 5.41) is 5.83. The van der Waals surface area contributed by atoms with Crippen LogP contribution in [0.5, 0.6) is 0 Å². The fraction of sp³-hybridized carbons (Fsp3) is 0.571. The zero-order valence-corrected chi connectivity index (χ0v) is 24.3. The Bertz CT molecular complexity index is 1620. The highest BCUT2D eigenvalue weighted by atomic mass is 32.2. The van der Waals surface area contributed by atoms with E-state index in [1.807, 2.05) is 15.9 Å². The maximum absolute atomic E-state index is 11.6. The Balaban J connectivity index is 1.30. The summed E-state index contributed by atoms with van der Waals surface area (Å²) in [6.07, 6.45) is 8.72. The first-order valence-corrected chi connectivity index (χ1v) is 16.2. The molecule has 37 heavy (non-hydrogen) atoms. The summed E-state index contributed by atoms with van der Waals surface area (Å²) >= 11 is 1.94. The van der Waals surface area contributed by atoms with Crippen LogP contribution in [-0.4, -0.2) is 64.5 Å². The quantitative estimate of drug-likeness (QED) is 0.345. The van der Waals surface area contributed by atoms with E-state index in [1.54, 1.807) is 6.33 Å². The number of pyridine rings is 1. The average Bonchev–Trinajstić information content (AvgIpc) is 3.56. The fourth-order valence-electron chi connectivity index (χ4n) is 6.90. The lowest BCUT2D eigenvalue weighted by Gasteiger charge is -2.45. The van der Waals surface area contributed by atoms with Crippen molar-refractivity contribution in [2.45, 2.75) is 65.7 Å². The van der Waals surface area contributed by atoms with Gasteiger partial charge in [0.15, 0.2) is 5.65 Å². The number of hydrogen-bond donors (Lipinski definition) is 1. The molecule has 0 bridgehead atoms. The number of nitrogens with one attached hydrogen (secondary N) is 1. The molecule has 0 atom stereocenters. The lowest BCUT2D eigenvalue weighted by atomic mass is 9.60. The Morgan fingerprint density at radius 3 is 2.65 bits per heavy atom. The van der Waals surface area contributed by atoms with Crippen molar-refractivity contribution >= 4 is 37.0 Å². The van der Waals surface area contributed by atoms with Crippen LogP contribution in [0.2, 0.25) is 0 Å². The van der Waals surface area contributed by atoms with Crippen molar-refractivity contribution in [2.75, 3.05) is 31.6 Å². The SMILES string of the molecule is Cc1c(-c2[nH]c3sc([C@H]4C[C@@]5(CCN(CCS(C)(=O)=O)C5)C4)c(C)c3c2C(C)C)cn2ncnc2c1C. The van der Waals surface area contributed by atoms with Crippen LogP contribution in [0.25, 0.3) is 27.1 Å². The topological polar surface area (TPSA) is 83.4 Å². The van der Waals surface area contributed by atoms with E-state index in [4.69, 9.17) is 0 Å². The number of fused-ring (bicyclic) bond motifs is 2. The van der Waals surface area contributed by atoms with E-state index in [0.717, 1.165) is 18.7 Å². The second kappa shape index (κ2) is 8.64. The molecular formula is C28H37N5O2S2. The fourth-order valence-corrected chi connectivity index (χ4v) is 8.82. The molecule has 1 saturated heterocycles. The minimum atomic E-state index is -2.90. The lowest BCUT2D eigenvalue weighted by molar-refractivity contribution is 0.111. The molecule has 5 heterocycles. The van der Waals surface area contributed by atoms with Gasteiger partial charge in [0.25, 0.3) is 0 Å². The third kappa shape index (κ3) is 4.14. The molecular weight excluding hydrogens is 502 g/mol. The molecule has 9 heteroatoms. The molecule has 1 saturated carbocycles. The van der Waals surface area contributed by atoms with E-state index in [1.165, 1.54) is 74.1 Å². The number of sulfone groups is 1. The highest BCUT2D eigenvalue weighted by Crippen LogP contribution is 2.58. The smallest absolute Gasteiger partial charge is 0.158 e. The first-order chi connectivity index (χ1) is 17.5. The number of aromatic nitrogens is 4. The third-order valence-corrected chi connectivity index (χ3v) is 11.3. The zero-order valence-electron chi connectivity index (χ0n) is 22.7. The van der Waals surface area contributed by atoms with E-state index in [0.29, 0.717) is 23.8 Å². The number of thiophene rings is 1. The van der Waals surface area contributed by atoms with E-state index in [-0.39, 0.29) is 5.75 Å². The molecule has 2 aliphatic rings. The van der Waals surface area contributed by atoms with Crippen molar-refractivity contribution in [3.8, 4) is 11.3 Å². The van der Waals surface area contributed by atoms with Crippen molar-refractivity contribution < 1.29 is 8.42 Å². The molecule has 4 aromatic heterocycles. The Labute approximate surface area is 223 Å². The van der Waals surface area contributed by atoms with Crippen molar-refractivity contribution in [2.24, 2.45) is 5.41 Å². The number of aryl methyl sites for hydroxylation is 2. The molecule has 1 aliphatic carbocycles. The molecule has 4 aromatic rings. The van der Waals surface area contributed by atoms with Gasteiger partial charge in [-0.2, -0.15) is 5.10 Å². The molecule has 0 radical (unpaired) electrons. The molecule has 1 N–H and O–H groups in total. The second-order valence-corrected chi connectivity index (χ2v) is 15.3. The van der Waals surface area contributed by atoms with E-state index >= 15 is 0 Å². The maximum atomic E-state index is 11.6. The van der Waals surface area contributed by atoms with Crippen molar-refractivity contribution in [1.29, 1.82) is 0 Å². The zero-order chi connectivity index (χ0) is 26.3. The van der Waals surface area contributed by atoms with Gasteiger partial charge < -0.3 is 9.88 Å². The van der Waals surface area contributed by atoms with Gasteiger partial charge in [0.1, 0.15) is 21.0 Å². The highest BCUT2D eigenvalue weighted by Gasteiger charge is 2.49. The van der Waals surface area contributed by atoms with Crippen LogP contribution in [0.3, 0.4) is 0 Å². The van der Waals surface area contributed by atoms with Crippen LogP contribution in [-0.2, 0) is 9.84 Å².